The van der Waals surface area contributed by atoms with E-state index in [9.17, 15) is 18.0 Å². The first-order valence-corrected chi connectivity index (χ1v) is 8.33. The zero-order chi connectivity index (χ0) is 18.3. The van der Waals surface area contributed by atoms with E-state index in [1.807, 2.05) is 0 Å². The van der Waals surface area contributed by atoms with Crippen molar-refractivity contribution in [1.29, 1.82) is 0 Å². The van der Waals surface area contributed by atoms with Gasteiger partial charge in [-0.3, -0.25) is 20.0 Å². The van der Waals surface area contributed by atoms with Gasteiger partial charge in [0.2, 0.25) is 0 Å². The lowest BCUT2D eigenvalue weighted by molar-refractivity contribution is -0.274. The molecule has 7 nitrogen and oxygen atoms in total. The van der Waals surface area contributed by atoms with Gasteiger partial charge in [-0.15, -0.1) is 13.2 Å². The summed E-state index contributed by atoms with van der Waals surface area (Å²) in [5, 5.41) is 7.52. The fourth-order valence-corrected chi connectivity index (χ4v) is 3.39. The fraction of sp³-hybridized carbons (Fsp3) is 0.438. The number of fused-ring (bicyclic) bond motifs is 1. The van der Waals surface area contributed by atoms with E-state index >= 15 is 0 Å². The molecule has 2 atom stereocenters. The maximum atomic E-state index is 12.6. The van der Waals surface area contributed by atoms with Gasteiger partial charge in [-0.25, -0.2) is 5.43 Å². The van der Waals surface area contributed by atoms with E-state index in [4.69, 9.17) is 0 Å². The predicted molar refractivity (Wildman–Crippen MR) is 86.5 cm³/mol. The molecule has 1 aromatic rings. The van der Waals surface area contributed by atoms with Crippen LogP contribution in [0.5, 0.6) is 5.75 Å². The summed E-state index contributed by atoms with van der Waals surface area (Å²) in [4.78, 5) is 14.5. The standard InChI is InChI=1S/C16H18F3N5O2/c17-16(18,19)26-12-6-2-1-5-11(12)24-9-10-13(22-24)20-15(21-14(10)25)23-7-3-4-8-23/h1-2,5-6,9,13,15,20,22H,3-4,7-8H2,(H,21,25). The summed E-state index contributed by atoms with van der Waals surface area (Å²) in [7, 11) is 0. The first kappa shape index (κ1) is 17.1. The molecule has 10 heteroatoms. The second-order valence-electron chi connectivity index (χ2n) is 6.32. The second-order valence-corrected chi connectivity index (χ2v) is 6.32. The Hall–Kier alpha value is -2.30. The van der Waals surface area contributed by atoms with Crippen molar-refractivity contribution in [2.45, 2.75) is 31.7 Å². The molecule has 26 heavy (non-hydrogen) atoms. The monoisotopic (exact) mass is 369 g/mol. The molecule has 0 aliphatic carbocycles. The minimum Gasteiger partial charge on any atom is -0.403 e. The van der Waals surface area contributed by atoms with Gasteiger partial charge in [0.05, 0.1) is 11.3 Å². The molecule has 0 aromatic heterocycles. The fourth-order valence-electron chi connectivity index (χ4n) is 3.39. The molecule has 4 rings (SSSR count). The number of para-hydroxylation sites is 2. The summed E-state index contributed by atoms with van der Waals surface area (Å²) < 4.78 is 42.0. The number of alkyl halides is 3. The third-order valence-corrected chi connectivity index (χ3v) is 4.56. The molecular weight excluding hydrogens is 351 g/mol. The molecule has 1 aromatic carbocycles. The van der Waals surface area contributed by atoms with Crippen molar-refractivity contribution in [2.75, 3.05) is 18.1 Å². The van der Waals surface area contributed by atoms with Crippen LogP contribution < -0.4 is 25.8 Å². The number of hydrogen-bond acceptors (Lipinski definition) is 6. The van der Waals surface area contributed by atoms with Gasteiger partial charge in [-0.05, 0) is 25.0 Å². The molecule has 2 saturated heterocycles. The van der Waals surface area contributed by atoms with E-state index in [0.29, 0.717) is 5.57 Å². The molecule has 3 aliphatic heterocycles. The highest BCUT2D eigenvalue weighted by Crippen LogP contribution is 2.34. The van der Waals surface area contributed by atoms with Crippen LogP contribution in [0.1, 0.15) is 12.8 Å². The van der Waals surface area contributed by atoms with Crippen molar-refractivity contribution in [3.8, 4) is 5.75 Å². The summed E-state index contributed by atoms with van der Waals surface area (Å²) in [5.74, 6) is -0.602. The topological polar surface area (TPSA) is 68.9 Å². The van der Waals surface area contributed by atoms with Crippen molar-refractivity contribution in [3.05, 3.63) is 36.0 Å². The minimum atomic E-state index is -4.80. The summed E-state index contributed by atoms with van der Waals surface area (Å²) in [6.45, 7) is 1.77. The van der Waals surface area contributed by atoms with Crippen LogP contribution in [0.15, 0.2) is 36.0 Å². The number of nitrogens with one attached hydrogen (secondary N) is 3. The van der Waals surface area contributed by atoms with Gasteiger partial charge >= 0.3 is 6.36 Å². The highest BCUT2D eigenvalue weighted by atomic mass is 19.4. The van der Waals surface area contributed by atoms with Crippen LogP contribution in [0, 0.1) is 0 Å². The second kappa shape index (κ2) is 6.45. The first-order chi connectivity index (χ1) is 12.4. The quantitative estimate of drug-likeness (QED) is 0.745. The number of rotatable bonds is 3. The van der Waals surface area contributed by atoms with Gasteiger partial charge in [0.25, 0.3) is 5.91 Å². The molecule has 0 saturated carbocycles. The van der Waals surface area contributed by atoms with Gasteiger partial charge < -0.3 is 10.1 Å². The number of nitrogens with zero attached hydrogens (tertiary/aromatic N) is 2. The number of carbonyl (C=O) groups excluding carboxylic acids is 1. The first-order valence-electron chi connectivity index (χ1n) is 8.33. The van der Waals surface area contributed by atoms with E-state index in [1.165, 1.54) is 29.4 Å². The zero-order valence-corrected chi connectivity index (χ0v) is 13.7. The Balaban J connectivity index is 1.54. The third kappa shape index (κ3) is 3.35. The average Bonchev–Trinajstić information content (AvgIpc) is 3.23. The molecule has 0 spiro atoms. The van der Waals surface area contributed by atoms with Gasteiger partial charge in [0.1, 0.15) is 12.5 Å². The maximum absolute atomic E-state index is 12.6. The van der Waals surface area contributed by atoms with Gasteiger partial charge in [0.15, 0.2) is 5.75 Å². The van der Waals surface area contributed by atoms with E-state index in [1.54, 1.807) is 6.07 Å². The van der Waals surface area contributed by atoms with Gasteiger partial charge in [-0.1, -0.05) is 12.1 Å². The number of anilines is 1. The number of hydrogen-bond donors (Lipinski definition) is 3. The van der Waals surface area contributed by atoms with Crippen LogP contribution in [0.4, 0.5) is 18.9 Å². The molecule has 140 valence electrons. The number of ether oxygens (including phenoxy) is 1. The van der Waals surface area contributed by atoms with Crippen LogP contribution in [0.3, 0.4) is 0 Å². The highest BCUT2D eigenvalue weighted by Gasteiger charge is 2.40. The molecule has 1 amide bonds. The Morgan fingerprint density at radius 2 is 1.88 bits per heavy atom. The molecule has 2 fully saturated rings. The summed E-state index contributed by atoms with van der Waals surface area (Å²) in [6.07, 6.45) is -1.97. The largest absolute Gasteiger partial charge is 0.573 e. The number of amides is 1. The SMILES string of the molecule is O=C1NC(N2CCCC2)NC2NN(c3ccccc3OC(F)(F)F)C=C12. The summed E-state index contributed by atoms with van der Waals surface area (Å²) >= 11 is 0. The molecule has 3 N–H and O–H groups in total. The normalized spacial score (nSPS) is 26.5. The molecule has 3 heterocycles. The van der Waals surface area contributed by atoms with Crippen LogP contribution in [0.2, 0.25) is 0 Å². The van der Waals surface area contributed by atoms with Crippen LogP contribution in [-0.4, -0.2) is 42.7 Å². The zero-order valence-electron chi connectivity index (χ0n) is 13.7. The lowest BCUT2D eigenvalue weighted by Gasteiger charge is -2.36. The predicted octanol–water partition coefficient (Wildman–Crippen LogP) is 1.22. The third-order valence-electron chi connectivity index (χ3n) is 4.56. The van der Waals surface area contributed by atoms with E-state index in [2.05, 4.69) is 25.7 Å². The summed E-state index contributed by atoms with van der Waals surface area (Å²) in [5.41, 5.74) is 3.58. The molecule has 3 aliphatic rings. The average molecular weight is 369 g/mol. The van der Waals surface area contributed by atoms with Crippen molar-refractivity contribution >= 4 is 11.6 Å². The number of halogens is 3. The number of hydrazine groups is 1. The van der Waals surface area contributed by atoms with Crippen LogP contribution in [0.25, 0.3) is 0 Å². The van der Waals surface area contributed by atoms with Crippen LogP contribution >= 0.6 is 0 Å². The molecule has 0 radical (unpaired) electrons. The van der Waals surface area contributed by atoms with Crippen molar-refractivity contribution in [2.24, 2.45) is 0 Å². The molecule has 0 bridgehead atoms. The van der Waals surface area contributed by atoms with E-state index in [-0.39, 0.29) is 23.6 Å². The lowest BCUT2D eigenvalue weighted by Crippen LogP contribution is -2.66. The maximum Gasteiger partial charge on any atom is 0.573 e. The smallest absolute Gasteiger partial charge is 0.403 e. The Bertz CT molecular complexity index is 733. The van der Waals surface area contributed by atoms with Crippen LogP contribution in [-0.2, 0) is 4.79 Å². The Morgan fingerprint density at radius 1 is 1.15 bits per heavy atom. The number of carbonyl (C=O) groups is 1. The lowest BCUT2D eigenvalue weighted by atomic mass is 10.2. The van der Waals surface area contributed by atoms with Crippen molar-refractivity contribution in [1.82, 2.24) is 21.0 Å². The number of likely N-dealkylation sites (tertiary alicyclic amines) is 1. The highest BCUT2D eigenvalue weighted by molar-refractivity contribution is 5.96. The van der Waals surface area contributed by atoms with Gasteiger partial charge in [-0.2, -0.15) is 0 Å². The molecular formula is C16H18F3N5O2. The van der Waals surface area contributed by atoms with E-state index < -0.39 is 12.5 Å². The van der Waals surface area contributed by atoms with E-state index in [0.717, 1.165) is 25.9 Å². The Labute approximate surface area is 147 Å². The van der Waals surface area contributed by atoms with Gasteiger partial charge in [0, 0.05) is 19.3 Å². The molecule has 2 unspecified atom stereocenters. The van der Waals surface area contributed by atoms with Crippen molar-refractivity contribution in [3.63, 3.8) is 0 Å². The minimum absolute atomic E-state index is 0.166. The Morgan fingerprint density at radius 3 is 2.62 bits per heavy atom. The number of benzene rings is 1. The Kier molecular flexibility index (Phi) is 4.25. The van der Waals surface area contributed by atoms with Crippen molar-refractivity contribution < 1.29 is 22.7 Å². The summed E-state index contributed by atoms with van der Waals surface area (Å²) in [6, 6.07) is 5.76.